The highest BCUT2D eigenvalue weighted by atomic mass is 35.5. The van der Waals surface area contributed by atoms with Gasteiger partial charge < -0.3 is 11.1 Å². The van der Waals surface area contributed by atoms with Gasteiger partial charge in [0.05, 0.1) is 52.6 Å². The summed E-state index contributed by atoms with van der Waals surface area (Å²) >= 11 is 6.25. The van der Waals surface area contributed by atoms with Crippen LogP contribution in [0.15, 0.2) is 83.0 Å². The van der Waals surface area contributed by atoms with Crippen LogP contribution in [0.1, 0.15) is 56.0 Å². The topological polar surface area (TPSA) is 133 Å². The molecule has 0 saturated heterocycles. The van der Waals surface area contributed by atoms with Crippen molar-refractivity contribution < 1.29 is 18.0 Å². The minimum Gasteiger partial charge on any atom is -0.403 e. The number of alkyl halides is 3. The van der Waals surface area contributed by atoms with Crippen LogP contribution in [-0.2, 0) is 11.0 Å². The number of halogens is 4. The van der Waals surface area contributed by atoms with Crippen LogP contribution in [0.2, 0.25) is 5.02 Å². The summed E-state index contributed by atoms with van der Waals surface area (Å²) in [6.45, 7) is 4.22. The highest BCUT2D eigenvalue weighted by Crippen LogP contribution is 2.32. The zero-order valence-electron chi connectivity index (χ0n) is 24.8. The van der Waals surface area contributed by atoms with E-state index in [9.17, 15) is 22.8 Å². The van der Waals surface area contributed by atoms with Gasteiger partial charge in [-0.25, -0.2) is 9.67 Å². The van der Waals surface area contributed by atoms with Crippen molar-refractivity contribution in [3.8, 4) is 16.9 Å². The predicted octanol–water partition coefficient (Wildman–Crippen LogP) is 5.54. The first-order valence-corrected chi connectivity index (χ1v) is 14.4. The van der Waals surface area contributed by atoms with E-state index in [1.807, 2.05) is 0 Å². The summed E-state index contributed by atoms with van der Waals surface area (Å²) in [7, 11) is 1.57. The molecule has 0 radical (unpaired) electrons. The van der Waals surface area contributed by atoms with Gasteiger partial charge in [-0.05, 0) is 42.7 Å². The number of hydrogen-bond acceptors (Lipinski definition) is 7. The van der Waals surface area contributed by atoms with Gasteiger partial charge in [0, 0.05) is 47.9 Å². The van der Waals surface area contributed by atoms with Crippen LogP contribution in [0.4, 0.5) is 13.2 Å². The third-order valence-electron chi connectivity index (χ3n) is 7.08. The Morgan fingerprint density at radius 1 is 1.16 bits per heavy atom. The molecule has 1 unspecified atom stereocenters. The van der Waals surface area contributed by atoms with E-state index in [0.29, 0.717) is 52.0 Å². The normalized spacial score (nSPS) is 13.2. The van der Waals surface area contributed by atoms with E-state index in [1.54, 1.807) is 25.4 Å². The molecule has 0 fully saturated rings. The zero-order valence-corrected chi connectivity index (χ0v) is 25.5. The highest BCUT2D eigenvalue weighted by molar-refractivity contribution is 6.31. The Labute approximate surface area is 262 Å². The third-order valence-corrected chi connectivity index (χ3v) is 7.31. The highest BCUT2D eigenvalue weighted by Gasteiger charge is 2.32. The number of amides is 1. The second kappa shape index (κ2) is 14.3. The minimum absolute atomic E-state index is 0.207. The van der Waals surface area contributed by atoms with Gasteiger partial charge in [-0.1, -0.05) is 38.3 Å². The van der Waals surface area contributed by atoms with Gasteiger partial charge in [-0.3, -0.25) is 24.1 Å². The molecule has 0 saturated carbocycles. The Kier molecular flexibility index (Phi) is 10.6. The van der Waals surface area contributed by atoms with Gasteiger partial charge in [0.1, 0.15) is 0 Å². The fourth-order valence-electron chi connectivity index (χ4n) is 4.90. The maximum absolute atomic E-state index is 13.7. The van der Waals surface area contributed by atoms with Crippen LogP contribution in [0.3, 0.4) is 0 Å². The Bertz CT molecular complexity index is 1780. The molecular formula is C31H32ClF3N8O2. The van der Waals surface area contributed by atoms with Crippen LogP contribution in [0, 0.1) is 5.92 Å². The second-order valence-corrected chi connectivity index (χ2v) is 11.0. The van der Waals surface area contributed by atoms with Gasteiger partial charge in [0.25, 0.3) is 5.56 Å². The number of benzene rings is 1. The largest absolute Gasteiger partial charge is 0.419 e. The van der Waals surface area contributed by atoms with Gasteiger partial charge in [-0.2, -0.15) is 18.3 Å². The van der Waals surface area contributed by atoms with Crippen molar-refractivity contribution in [2.75, 3.05) is 7.05 Å². The van der Waals surface area contributed by atoms with Crippen LogP contribution in [-0.4, -0.2) is 43.5 Å². The first-order chi connectivity index (χ1) is 21.5. The number of rotatable bonds is 12. The Hall–Kier alpha value is -4.78. The molecular weight excluding hydrogens is 609 g/mol. The average molecular weight is 641 g/mol. The molecule has 10 nitrogen and oxygen atoms in total. The number of pyridine rings is 1. The fourth-order valence-corrected chi connectivity index (χ4v) is 5.07. The van der Waals surface area contributed by atoms with E-state index < -0.39 is 23.3 Å². The van der Waals surface area contributed by atoms with Crippen LogP contribution < -0.4 is 16.6 Å². The number of carbonyl (C=O) groups is 1. The number of aliphatic imine (C=N–C) groups is 1. The van der Waals surface area contributed by atoms with E-state index in [0.717, 1.165) is 29.9 Å². The number of allylic oxidation sites excluding steroid dienone is 1. The van der Waals surface area contributed by atoms with Crippen molar-refractivity contribution in [3.63, 3.8) is 0 Å². The molecule has 0 spiro atoms. The average Bonchev–Trinajstić information content (AvgIpc) is 3.51. The monoisotopic (exact) mass is 640 g/mol. The summed E-state index contributed by atoms with van der Waals surface area (Å²) in [6.07, 6.45) is 4.01. The lowest BCUT2D eigenvalue weighted by atomic mass is 9.98. The quantitative estimate of drug-likeness (QED) is 0.154. The first-order valence-electron chi connectivity index (χ1n) is 14.0. The molecule has 1 aromatic carbocycles. The molecule has 4 aromatic rings. The van der Waals surface area contributed by atoms with E-state index in [2.05, 4.69) is 39.2 Å². The molecule has 1 amide bonds. The maximum atomic E-state index is 13.7. The van der Waals surface area contributed by atoms with Crippen molar-refractivity contribution >= 4 is 23.7 Å². The summed E-state index contributed by atoms with van der Waals surface area (Å²) in [4.78, 5) is 38.2. The van der Waals surface area contributed by atoms with Crippen LogP contribution >= 0.6 is 11.6 Å². The lowest BCUT2D eigenvalue weighted by Gasteiger charge is -2.21. The van der Waals surface area contributed by atoms with Gasteiger partial charge in [0.15, 0.2) is 0 Å². The number of aromatic nitrogens is 5. The SMILES string of the molecule is CN=C(C(=CN)NC=O)c1ccnc(C(CCCC(C)C)n2cnc(-c3cc(Cl)ccc3-n3cc(C(F)(F)F)cn3)cc2=O)c1. The number of nitrogens with one attached hydrogen (secondary N) is 1. The molecule has 3 heterocycles. The summed E-state index contributed by atoms with van der Waals surface area (Å²) < 4.78 is 42.3. The van der Waals surface area contributed by atoms with Crippen LogP contribution in [0.25, 0.3) is 16.9 Å². The fraction of sp³-hybridized carbons (Fsp3) is 0.290. The summed E-state index contributed by atoms with van der Waals surface area (Å²) in [5, 5.41) is 6.71. The minimum atomic E-state index is -4.57. The molecule has 3 N–H and O–H groups in total. The molecule has 14 heteroatoms. The summed E-state index contributed by atoms with van der Waals surface area (Å²) in [5.74, 6) is 0.439. The summed E-state index contributed by atoms with van der Waals surface area (Å²) in [6, 6.07) is 8.85. The van der Waals surface area contributed by atoms with E-state index in [-0.39, 0.29) is 11.4 Å². The van der Waals surface area contributed by atoms with Gasteiger partial charge in [-0.15, -0.1) is 0 Å². The van der Waals surface area contributed by atoms with E-state index >= 15 is 0 Å². The van der Waals surface area contributed by atoms with Gasteiger partial charge in [0.2, 0.25) is 6.41 Å². The van der Waals surface area contributed by atoms with Crippen molar-refractivity contribution in [2.24, 2.45) is 16.6 Å². The predicted molar refractivity (Wildman–Crippen MR) is 166 cm³/mol. The molecule has 45 heavy (non-hydrogen) atoms. The molecule has 3 aromatic heterocycles. The lowest BCUT2D eigenvalue weighted by molar-refractivity contribution is -0.137. The molecule has 0 aliphatic rings. The van der Waals surface area contributed by atoms with E-state index in [1.165, 1.54) is 41.4 Å². The van der Waals surface area contributed by atoms with Crippen molar-refractivity contribution in [3.05, 3.63) is 105 Å². The molecule has 4 rings (SSSR count). The van der Waals surface area contributed by atoms with Crippen LogP contribution in [0.5, 0.6) is 0 Å². The molecule has 0 bridgehead atoms. The molecule has 236 valence electrons. The van der Waals surface area contributed by atoms with Crippen molar-refractivity contribution in [2.45, 2.75) is 45.3 Å². The Morgan fingerprint density at radius 2 is 1.93 bits per heavy atom. The maximum Gasteiger partial charge on any atom is 0.419 e. The summed E-state index contributed by atoms with van der Waals surface area (Å²) in [5.41, 5.74) is 7.12. The lowest BCUT2D eigenvalue weighted by Crippen LogP contribution is -2.27. The number of hydrogen-bond donors (Lipinski definition) is 2. The van der Waals surface area contributed by atoms with E-state index in [4.69, 9.17) is 17.3 Å². The molecule has 0 aliphatic heterocycles. The molecule has 1 atom stereocenters. The number of nitrogens with zero attached hydrogens (tertiary/aromatic N) is 6. The third kappa shape index (κ3) is 7.85. The smallest absolute Gasteiger partial charge is 0.403 e. The second-order valence-electron chi connectivity index (χ2n) is 10.6. The first kappa shape index (κ1) is 33.1. The zero-order chi connectivity index (χ0) is 32.7. The standard InChI is InChI=1S/C31H32ClF3N8O2/c1-19(2)5-4-6-28(25-11-20(9-10-38-25)30(37-3)26(14-36)40-18-44)42-17-39-24(13-29(42)45)23-12-22(32)7-8-27(23)43-16-21(15-41-43)31(33,34)35/h7-19,28H,4-6,36H2,1-3H3,(H,40,44). The van der Waals surface area contributed by atoms with Crippen molar-refractivity contribution in [1.29, 1.82) is 0 Å². The number of carbonyl (C=O) groups excluding carboxylic acids is 1. The number of nitrogens with two attached hydrogens (primary N) is 1. The van der Waals surface area contributed by atoms with Gasteiger partial charge >= 0.3 is 6.18 Å². The molecule has 0 aliphatic carbocycles. The Balaban J connectivity index is 1.78. The van der Waals surface area contributed by atoms with Crippen molar-refractivity contribution in [1.82, 2.24) is 29.6 Å². The Morgan fingerprint density at radius 3 is 2.56 bits per heavy atom.